The Morgan fingerprint density at radius 1 is 1.19 bits per heavy atom. The molecule has 2 aliphatic heterocycles. The number of rotatable bonds is 5. The van der Waals surface area contributed by atoms with Gasteiger partial charge in [0.2, 0.25) is 5.91 Å². The number of nitrogens with zero attached hydrogens (tertiary/aromatic N) is 3. The minimum atomic E-state index is -0.355. The van der Waals surface area contributed by atoms with Crippen LogP contribution in [0.25, 0.3) is 0 Å². The molecule has 0 unspecified atom stereocenters. The van der Waals surface area contributed by atoms with Gasteiger partial charge in [-0.1, -0.05) is 23.9 Å². The molecule has 1 fully saturated rings. The topological polar surface area (TPSA) is 82.9 Å². The number of nitriles is 1. The van der Waals surface area contributed by atoms with Crippen LogP contribution < -0.4 is 9.64 Å². The predicted molar refractivity (Wildman–Crippen MR) is 122 cm³/mol. The molecule has 0 spiro atoms. The molecule has 164 valence electrons. The van der Waals surface area contributed by atoms with Gasteiger partial charge in [-0.3, -0.25) is 9.69 Å². The minimum absolute atomic E-state index is 0.0137. The van der Waals surface area contributed by atoms with Gasteiger partial charge in [-0.25, -0.2) is 4.79 Å². The zero-order chi connectivity index (χ0) is 22.7. The van der Waals surface area contributed by atoms with Gasteiger partial charge in [0, 0.05) is 18.0 Å². The van der Waals surface area contributed by atoms with Crippen LogP contribution in [-0.2, 0) is 9.53 Å². The Morgan fingerprint density at radius 3 is 2.53 bits per heavy atom. The molecule has 2 aromatic carbocycles. The molecule has 0 radical (unpaired) electrons. The summed E-state index contributed by atoms with van der Waals surface area (Å²) in [6.07, 6.45) is 0.245. The Kier molecular flexibility index (Phi) is 6.37. The summed E-state index contributed by atoms with van der Waals surface area (Å²) in [4.78, 5) is 28.7. The van der Waals surface area contributed by atoms with Gasteiger partial charge in [0.1, 0.15) is 5.75 Å². The summed E-state index contributed by atoms with van der Waals surface area (Å²) in [5, 5.41) is 10.6. The number of amides is 1. The fraction of sp³-hybridized carbons (Fsp3) is 0.292. The lowest BCUT2D eigenvalue weighted by molar-refractivity contribution is -0.129. The quantitative estimate of drug-likeness (QED) is 0.636. The number of benzene rings is 2. The molecule has 32 heavy (non-hydrogen) atoms. The molecule has 0 N–H and O–H groups in total. The van der Waals surface area contributed by atoms with Gasteiger partial charge in [0.25, 0.3) is 0 Å². The van der Waals surface area contributed by atoms with E-state index in [0.29, 0.717) is 30.3 Å². The summed E-state index contributed by atoms with van der Waals surface area (Å²) in [7, 11) is 1.61. The summed E-state index contributed by atoms with van der Waals surface area (Å²) in [6, 6.07) is 17.0. The summed E-state index contributed by atoms with van der Waals surface area (Å²) in [6.45, 7) is 2.46. The van der Waals surface area contributed by atoms with Crippen LogP contribution in [-0.4, -0.2) is 43.0 Å². The minimum Gasteiger partial charge on any atom is -0.497 e. The molecule has 0 bridgehead atoms. The summed E-state index contributed by atoms with van der Waals surface area (Å²) < 4.78 is 10.2. The van der Waals surface area contributed by atoms with Crippen molar-refractivity contribution in [2.75, 3.05) is 31.2 Å². The van der Waals surface area contributed by atoms with Gasteiger partial charge >= 0.3 is 5.97 Å². The zero-order valence-corrected chi connectivity index (χ0v) is 18.7. The third kappa shape index (κ3) is 4.16. The van der Waals surface area contributed by atoms with Crippen LogP contribution in [0.5, 0.6) is 5.75 Å². The van der Waals surface area contributed by atoms with E-state index in [0.717, 1.165) is 22.0 Å². The number of ether oxygens (including phenoxy) is 2. The van der Waals surface area contributed by atoms with Crippen molar-refractivity contribution < 1.29 is 19.1 Å². The van der Waals surface area contributed by atoms with Gasteiger partial charge in [0.05, 0.1) is 48.5 Å². The molecular weight excluding hydrogens is 426 g/mol. The van der Waals surface area contributed by atoms with Crippen molar-refractivity contribution in [1.82, 2.24) is 4.90 Å². The van der Waals surface area contributed by atoms with Crippen LogP contribution >= 0.6 is 11.8 Å². The number of anilines is 1. The number of carbonyl (C=O) groups excluding carboxylic acids is 2. The highest BCUT2D eigenvalue weighted by atomic mass is 32.2. The number of carbonyl (C=O) groups is 2. The first kappa shape index (κ1) is 21.8. The highest BCUT2D eigenvalue weighted by molar-refractivity contribution is 8.03. The van der Waals surface area contributed by atoms with E-state index in [2.05, 4.69) is 6.07 Å². The molecule has 1 saturated heterocycles. The van der Waals surface area contributed by atoms with Crippen molar-refractivity contribution in [1.29, 1.82) is 5.26 Å². The van der Waals surface area contributed by atoms with Crippen molar-refractivity contribution in [3.63, 3.8) is 0 Å². The fourth-order valence-electron chi connectivity index (χ4n) is 3.87. The Morgan fingerprint density at radius 2 is 1.91 bits per heavy atom. The zero-order valence-electron chi connectivity index (χ0n) is 17.9. The molecule has 8 heteroatoms. The van der Waals surface area contributed by atoms with Crippen LogP contribution in [0.15, 0.2) is 59.1 Å². The second kappa shape index (κ2) is 9.37. The van der Waals surface area contributed by atoms with E-state index in [-0.39, 0.29) is 24.2 Å². The number of allylic oxidation sites excluding steroid dienone is 1. The first-order valence-electron chi connectivity index (χ1n) is 10.3. The first-order chi connectivity index (χ1) is 15.5. The van der Waals surface area contributed by atoms with E-state index in [1.807, 2.05) is 41.3 Å². The number of methoxy groups -OCH3 is 1. The summed E-state index contributed by atoms with van der Waals surface area (Å²) >= 11 is 1.48. The third-order valence-corrected chi connectivity index (χ3v) is 6.71. The van der Waals surface area contributed by atoms with E-state index >= 15 is 0 Å². The normalized spacial score (nSPS) is 18.2. The lowest BCUT2D eigenvalue weighted by Gasteiger charge is -2.42. The van der Waals surface area contributed by atoms with Crippen LogP contribution in [0.4, 0.5) is 5.69 Å². The van der Waals surface area contributed by atoms with E-state index in [1.54, 1.807) is 31.1 Å². The van der Waals surface area contributed by atoms with Gasteiger partial charge < -0.3 is 14.4 Å². The van der Waals surface area contributed by atoms with Crippen molar-refractivity contribution >= 4 is 29.3 Å². The first-order valence-corrected chi connectivity index (χ1v) is 11.3. The lowest BCUT2D eigenvalue weighted by atomic mass is 9.86. The summed E-state index contributed by atoms with van der Waals surface area (Å²) in [5.74, 6) is 0.707. The molecule has 2 aromatic rings. The smallest absolute Gasteiger partial charge is 0.338 e. The third-order valence-electron chi connectivity index (χ3n) is 5.56. The van der Waals surface area contributed by atoms with Crippen LogP contribution in [0.2, 0.25) is 0 Å². The van der Waals surface area contributed by atoms with E-state index in [4.69, 9.17) is 9.47 Å². The molecule has 4 rings (SSSR count). The predicted octanol–water partition coefficient (Wildman–Crippen LogP) is 4.09. The maximum atomic E-state index is 13.0. The van der Waals surface area contributed by atoms with Crippen molar-refractivity contribution in [3.8, 4) is 11.8 Å². The lowest BCUT2D eigenvalue weighted by Crippen LogP contribution is -2.47. The van der Waals surface area contributed by atoms with Gasteiger partial charge in [-0.05, 0) is 48.9 Å². The largest absolute Gasteiger partial charge is 0.497 e. The van der Waals surface area contributed by atoms with E-state index in [9.17, 15) is 14.9 Å². The standard InChI is InChI=1S/C24H23N3O4S/c1-3-31-24(29)17-4-8-18(9-5-17)26-14-27-22(28)12-20(21(13-25)23(27)32-15-26)16-6-10-19(30-2)11-7-16/h4-11,20H,3,12,14-15H2,1-2H3/t20-/m0/s1. The number of thioether (sulfide) groups is 1. The van der Waals surface area contributed by atoms with Crippen molar-refractivity contribution in [3.05, 3.63) is 70.3 Å². The highest BCUT2D eigenvalue weighted by Crippen LogP contribution is 2.43. The molecule has 0 saturated carbocycles. The Labute approximate surface area is 191 Å². The molecule has 1 amide bonds. The molecule has 2 heterocycles. The van der Waals surface area contributed by atoms with Gasteiger partial charge in [0.15, 0.2) is 0 Å². The maximum Gasteiger partial charge on any atom is 0.338 e. The Balaban J connectivity index is 1.56. The van der Waals surface area contributed by atoms with E-state index < -0.39 is 0 Å². The van der Waals surface area contributed by atoms with Gasteiger partial charge in [-0.2, -0.15) is 5.26 Å². The van der Waals surface area contributed by atoms with Crippen LogP contribution in [0, 0.1) is 11.3 Å². The van der Waals surface area contributed by atoms with Crippen LogP contribution in [0.3, 0.4) is 0 Å². The molecule has 0 aliphatic carbocycles. The van der Waals surface area contributed by atoms with Crippen molar-refractivity contribution in [2.45, 2.75) is 19.3 Å². The maximum absolute atomic E-state index is 13.0. The second-order valence-electron chi connectivity index (χ2n) is 7.40. The Bertz CT molecular complexity index is 1090. The summed E-state index contributed by atoms with van der Waals surface area (Å²) in [5.41, 5.74) is 2.94. The molecule has 0 aromatic heterocycles. The van der Waals surface area contributed by atoms with Gasteiger partial charge in [-0.15, -0.1) is 0 Å². The Hall–Kier alpha value is -3.44. The second-order valence-corrected chi connectivity index (χ2v) is 8.34. The average Bonchev–Trinajstić information content (AvgIpc) is 2.84. The molecule has 7 nitrogen and oxygen atoms in total. The highest BCUT2D eigenvalue weighted by Gasteiger charge is 2.38. The van der Waals surface area contributed by atoms with Crippen LogP contribution in [0.1, 0.15) is 35.2 Å². The molecular formula is C24H23N3O4S. The SMILES string of the molecule is CCOC(=O)c1ccc(N2CSC3=C(C#N)[C@H](c4ccc(OC)cc4)CC(=O)N3C2)cc1. The number of esters is 1. The molecule has 1 atom stereocenters. The number of fused-ring (bicyclic) bond motifs is 1. The number of hydrogen-bond donors (Lipinski definition) is 0. The fourth-order valence-corrected chi connectivity index (χ4v) is 5.04. The van der Waals surface area contributed by atoms with E-state index in [1.165, 1.54) is 11.8 Å². The van der Waals surface area contributed by atoms with Crippen molar-refractivity contribution in [2.24, 2.45) is 0 Å². The average molecular weight is 450 g/mol. The molecule has 2 aliphatic rings. The monoisotopic (exact) mass is 449 g/mol. The number of hydrogen-bond acceptors (Lipinski definition) is 7.